The first kappa shape index (κ1) is 7.95. The van der Waals surface area contributed by atoms with E-state index in [-0.39, 0.29) is 0 Å². The predicted octanol–water partition coefficient (Wildman–Crippen LogP) is 2.01. The van der Waals surface area contributed by atoms with Gasteiger partial charge in [0.2, 0.25) is 0 Å². The summed E-state index contributed by atoms with van der Waals surface area (Å²) < 4.78 is 1.78. The molecule has 1 heterocycles. The minimum Gasteiger partial charge on any atom is -0.314 e. The first-order chi connectivity index (χ1) is 4.43. The van der Waals surface area contributed by atoms with Gasteiger partial charge in [-0.3, -0.25) is 0 Å². The Morgan fingerprint density at radius 3 is 2.44 bits per heavy atom. The lowest BCUT2D eigenvalue weighted by molar-refractivity contribution is 1.14. The fraction of sp³-hybridized carbons (Fsp3) is 0.286. The fourth-order valence-electron chi connectivity index (χ4n) is 0.377. The molecule has 2 nitrogen and oxygen atoms in total. The zero-order valence-electron chi connectivity index (χ0n) is 5.91. The van der Waals surface area contributed by atoms with Gasteiger partial charge in [0.15, 0.2) is 0 Å². The highest BCUT2D eigenvalue weighted by Gasteiger charge is 1.73. The van der Waals surface area contributed by atoms with Gasteiger partial charge < -0.3 is 4.57 Å². The summed E-state index contributed by atoms with van der Waals surface area (Å²) in [6, 6.07) is 0. The summed E-state index contributed by atoms with van der Waals surface area (Å²) in [6.07, 6.45) is 6.91. The molecule has 0 aliphatic rings. The van der Waals surface area contributed by atoms with Gasteiger partial charge in [-0.15, -0.1) is 0 Å². The third kappa shape index (κ3) is 2.69. The van der Waals surface area contributed by atoms with Crippen molar-refractivity contribution in [1.29, 1.82) is 0 Å². The van der Waals surface area contributed by atoms with E-state index < -0.39 is 0 Å². The van der Waals surface area contributed by atoms with Crippen LogP contribution in [0.15, 0.2) is 25.3 Å². The molecule has 0 radical (unpaired) electrons. The van der Waals surface area contributed by atoms with Crippen LogP contribution in [0.5, 0.6) is 0 Å². The quantitative estimate of drug-likeness (QED) is 0.560. The molecule has 0 bridgehead atoms. The number of rotatable bonds is 1. The van der Waals surface area contributed by atoms with E-state index >= 15 is 0 Å². The summed E-state index contributed by atoms with van der Waals surface area (Å²) >= 11 is 0. The fourth-order valence-corrected chi connectivity index (χ4v) is 0.377. The summed E-state index contributed by atoms with van der Waals surface area (Å²) in [5, 5.41) is 0. The molecule has 0 N–H and O–H groups in total. The lowest BCUT2D eigenvalue weighted by Gasteiger charge is -1.80. The average Bonchev–Trinajstić information content (AvgIpc) is 2.43. The number of imidazole rings is 1. The molecule has 0 saturated heterocycles. The monoisotopic (exact) mass is 124 g/mol. The molecule has 0 fully saturated rings. The van der Waals surface area contributed by atoms with Crippen LogP contribution in [0.3, 0.4) is 0 Å². The number of hydrogen-bond donors (Lipinski definition) is 0. The van der Waals surface area contributed by atoms with Crippen LogP contribution in [0.4, 0.5) is 0 Å². The maximum absolute atomic E-state index is 3.78. The number of hydrogen-bond acceptors (Lipinski definition) is 1. The average molecular weight is 124 g/mol. The van der Waals surface area contributed by atoms with E-state index in [0.29, 0.717) is 0 Å². The van der Waals surface area contributed by atoms with Gasteiger partial charge >= 0.3 is 0 Å². The first-order valence-corrected chi connectivity index (χ1v) is 3.03. The molecule has 0 unspecified atom stereocenters. The standard InChI is InChI=1S/C5H6N2.C2H6/c1-2-7-4-3-6-5-7;1-2/h2-5H,1H2;1-2H3. The summed E-state index contributed by atoms with van der Waals surface area (Å²) in [5.41, 5.74) is 0. The van der Waals surface area contributed by atoms with Gasteiger partial charge in [-0.25, -0.2) is 4.98 Å². The molecule has 0 aliphatic carbocycles. The molecular formula is C7H12N2. The molecule has 0 aromatic carbocycles. The first-order valence-electron chi connectivity index (χ1n) is 3.03. The molecule has 2 heteroatoms. The molecular weight excluding hydrogens is 112 g/mol. The smallest absolute Gasteiger partial charge is 0.0986 e. The lowest BCUT2D eigenvalue weighted by Crippen LogP contribution is -1.73. The van der Waals surface area contributed by atoms with Gasteiger partial charge in [0.05, 0.1) is 6.33 Å². The van der Waals surface area contributed by atoms with Crippen LogP contribution in [0, 0.1) is 0 Å². The Kier molecular flexibility index (Phi) is 4.50. The van der Waals surface area contributed by atoms with E-state index in [4.69, 9.17) is 0 Å². The molecule has 0 saturated carbocycles. The Morgan fingerprint density at radius 2 is 2.22 bits per heavy atom. The second kappa shape index (κ2) is 5.09. The van der Waals surface area contributed by atoms with Crippen LogP contribution >= 0.6 is 0 Å². The van der Waals surface area contributed by atoms with Crippen molar-refractivity contribution < 1.29 is 0 Å². The van der Waals surface area contributed by atoms with Crippen LogP contribution in [0.1, 0.15) is 13.8 Å². The minimum absolute atomic E-state index is 1.69. The van der Waals surface area contributed by atoms with Crippen LogP contribution in [0.2, 0.25) is 0 Å². The molecule has 1 aromatic rings. The zero-order chi connectivity index (χ0) is 7.11. The predicted molar refractivity (Wildman–Crippen MR) is 40.0 cm³/mol. The SMILES string of the molecule is C=Cn1ccnc1.CC. The van der Waals surface area contributed by atoms with Gasteiger partial charge in [0.1, 0.15) is 0 Å². The van der Waals surface area contributed by atoms with Gasteiger partial charge in [-0.2, -0.15) is 0 Å². The number of nitrogens with zero attached hydrogens (tertiary/aromatic N) is 2. The van der Waals surface area contributed by atoms with Crippen molar-refractivity contribution in [2.24, 2.45) is 0 Å². The molecule has 50 valence electrons. The van der Waals surface area contributed by atoms with E-state index in [9.17, 15) is 0 Å². The maximum atomic E-state index is 3.78. The third-order valence-corrected chi connectivity index (χ3v) is 0.736. The highest BCUT2D eigenvalue weighted by molar-refractivity contribution is 5.14. The highest BCUT2D eigenvalue weighted by Crippen LogP contribution is 1.81. The molecule has 1 rings (SSSR count). The van der Waals surface area contributed by atoms with E-state index in [1.807, 2.05) is 20.0 Å². The minimum atomic E-state index is 1.69. The largest absolute Gasteiger partial charge is 0.314 e. The Hall–Kier alpha value is -1.05. The number of aromatic nitrogens is 2. The van der Waals surface area contributed by atoms with Crippen molar-refractivity contribution in [3.8, 4) is 0 Å². The molecule has 0 atom stereocenters. The van der Waals surface area contributed by atoms with Gasteiger partial charge in [-0.1, -0.05) is 20.4 Å². The Bertz CT molecular complexity index is 142. The van der Waals surface area contributed by atoms with Crippen LogP contribution in [-0.2, 0) is 0 Å². The summed E-state index contributed by atoms with van der Waals surface area (Å²) in [7, 11) is 0. The van der Waals surface area contributed by atoms with Crippen LogP contribution < -0.4 is 0 Å². The Morgan fingerprint density at radius 1 is 1.56 bits per heavy atom. The summed E-state index contributed by atoms with van der Waals surface area (Å²) in [6.45, 7) is 7.53. The van der Waals surface area contributed by atoms with Crippen molar-refractivity contribution in [1.82, 2.24) is 9.55 Å². The van der Waals surface area contributed by atoms with Crippen molar-refractivity contribution >= 4 is 6.20 Å². The van der Waals surface area contributed by atoms with Gasteiger partial charge in [-0.05, 0) is 0 Å². The third-order valence-electron chi connectivity index (χ3n) is 0.736. The topological polar surface area (TPSA) is 17.8 Å². The van der Waals surface area contributed by atoms with Crippen LogP contribution in [0.25, 0.3) is 6.20 Å². The van der Waals surface area contributed by atoms with Crippen molar-refractivity contribution in [2.75, 3.05) is 0 Å². The van der Waals surface area contributed by atoms with E-state index in [1.165, 1.54) is 0 Å². The molecule has 0 aliphatic heterocycles. The lowest BCUT2D eigenvalue weighted by atomic mass is 10.9. The molecule has 0 amide bonds. The molecule has 9 heavy (non-hydrogen) atoms. The zero-order valence-corrected chi connectivity index (χ0v) is 5.91. The van der Waals surface area contributed by atoms with E-state index in [0.717, 1.165) is 0 Å². The summed E-state index contributed by atoms with van der Waals surface area (Å²) in [5.74, 6) is 0. The molecule has 1 aromatic heterocycles. The second-order valence-electron chi connectivity index (χ2n) is 1.19. The Labute approximate surface area is 55.8 Å². The van der Waals surface area contributed by atoms with E-state index in [2.05, 4.69) is 11.6 Å². The van der Waals surface area contributed by atoms with E-state index in [1.54, 1.807) is 23.3 Å². The van der Waals surface area contributed by atoms with Crippen LogP contribution in [-0.4, -0.2) is 9.55 Å². The normalized spacial score (nSPS) is 7.33. The van der Waals surface area contributed by atoms with Gasteiger partial charge in [0, 0.05) is 18.6 Å². The van der Waals surface area contributed by atoms with Crippen molar-refractivity contribution in [2.45, 2.75) is 13.8 Å². The Balaban J connectivity index is 0.000000291. The highest BCUT2D eigenvalue weighted by atomic mass is 15.0. The van der Waals surface area contributed by atoms with Gasteiger partial charge in [0.25, 0.3) is 0 Å². The molecule has 0 spiro atoms. The second-order valence-corrected chi connectivity index (χ2v) is 1.19. The summed E-state index contributed by atoms with van der Waals surface area (Å²) in [4.78, 5) is 3.78. The maximum Gasteiger partial charge on any atom is 0.0986 e. The van der Waals surface area contributed by atoms with Crippen molar-refractivity contribution in [3.63, 3.8) is 0 Å². The van der Waals surface area contributed by atoms with Crippen molar-refractivity contribution in [3.05, 3.63) is 25.3 Å².